The summed E-state index contributed by atoms with van der Waals surface area (Å²) in [6.07, 6.45) is 1.78. The molecule has 1 N–H and O–H groups in total. The van der Waals surface area contributed by atoms with Gasteiger partial charge >= 0.3 is 11.8 Å². The number of aromatic nitrogens is 2. The molecular weight excluding hydrogens is 348 g/mol. The average Bonchev–Trinajstić information content (AvgIpc) is 2.68. The van der Waals surface area contributed by atoms with Crippen molar-refractivity contribution in [3.8, 4) is 0 Å². The van der Waals surface area contributed by atoms with Gasteiger partial charge in [-0.1, -0.05) is 36.4 Å². The van der Waals surface area contributed by atoms with E-state index in [-0.39, 0.29) is 17.7 Å². The average molecular weight is 360 g/mol. The summed E-state index contributed by atoms with van der Waals surface area (Å²) in [4.78, 5) is 35.8. The van der Waals surface area contributed by atoms with E-state index in [0.29, 0.717) is 0 Å². The lowest BCUT2D eigenvalue weighted by Gasteiger charge is -2.12. The van der Waals surface area contributed by atoms with Crippen LogP contribution in [0, 0.1) is 10.1 Å². The molecule has 4 aromatic rings. The summed E-state index contributed by atoms with van der Waals surface area (Å²) in [5, 5.41) is 16.2. The van der Waals surface area contributed by atoms with Gasteiger partial charge in [-0.25, -0.2) is 9.97 Å². The van der Waals surface area contributed by atoms with Crippen molar-refractivity contribution in [2.75, 3.05) is 5.32 Å². The lowest BCUT2D eigenvalue weighted by Crippen LogP contribution is -2.01. The first-order valence-corrected chi connectivity index (χ1v) is 7.79. The quantitative estimate of drug-likeness (QED) is 0.335. The molecule has 0 radical (unpaired) electrons. The minimum absolute atomic E-state index is 0.0672. The Morgan fingerprint density at radius 1 is 0.889 bits per heavy atom. The van der Waals surface area contributed by atoms with E-state index >= 15 is 0 Å². The van der Waals surface area contributed by atoms with Gasteiger partial charge in [0.25, 0.3) is 0 Å². The van der Waals surface area contributed by atoms with Crippen molar-refractivity contribution in [1.82, 2.24) is 9.97 Å². The highest BCUT2D eigenvalue weighted by atomic mass is 16.6. The van der Waals surface area contributed by atoms with E-state index in [1.54, 1.807) is 6.07 Å². The molecule has 8 heteroatoms. The number of carbonyl (C=O) groups excluding carboxylic acids is 2. The fraction of sp³-hybridized carbons (Fsp3) is 0. The van der Waals surface area contributed by atoms with Crippen LogP contribution in [0.5, 0.6) is 0 Å². The van der Waals surface area contributed by atoms with Crippen LogP contribution in [-0.2, 0) is 9.59 Å². The van der Waals surface area contributed by atoms with E-state index in [2.05, 4.69) is 15.3 Å². The number of pyridine rings is 2. The molecule has 132 valence electrons. The van der Waals surface area contributed by atoms with Crippen LogP contribution in [-0.4, -0.2) is 21.0 Å². The number of anilines is 2. The molecule has 0 saturated heterocycles. The Morgan fingerprint density at radius 3 is 2.00 bits per heavy atom. The summed E-state index contributed by atoms with van der Waals surface area (Å²) in [7, 11) is 0. The van der Waals surface area contributed by atoms with Crippen LogP contribution in [0.15, 0.2) is 66.9 Å². The molecule has 0 atom stereocenters. The number of para-hydroxylation sites is 2. The normalized spacial score (nSPS) is 9.93. The highest BCUT2D eigenvalue weighted by Crippen LogP contribution is 2.34. The predicted molar refractivity (Wildman–Crippen MR) is 98.4 cm³/mol. The van der Waals surface area contributed by atoms with Crippen LogP contribution in [0.3, 0.4) is 0 Å². The Hall–Kier alpha value is -4.16. The van der Waals surface area contributed by atoms with E-state index in [0.717, 1.165) is 27.5 Å². The monoisotopic (exact) mass is 360 g/mol. The summed E-state index contributed by atoms with van der Waals surface area (Å²) in [5.41, 5.74) is 2.33. The van der Waals surface area contributed by atoms with E-state index < -0.39 is 4.92 Å². The molecule has 0 saturated carbocycles. The third-order valence-electron chi connectivity index (χ3n) is 3.81. The molecular formula is C19H12N4O4. The Balaban J connectivity index is 0.000000659. The molecule has 0 aliphatic heterocycles. The van der Waals surface area contributed by atoms with Gasteiger partial charge in [0, 0.05) is 23.0 Å². The van der Waals surface area contributed by atoms with E-state index in [4.69, 9.17) is 9.59 Å². The van der Waals surface area contributed by atoms with Crippen molar-refractivity contribution in [1.29, 1.82) is 0 Å². The maximum absolute atomic E-state index is 11.3. The van der Waals surface area contributed by atoms with E-state index in [9.17, 15) is 10.1 Å². The number of benzene rings is 2. The Morgan fingerprint density at radius 2 is 1.44 bits per heavy atom. The highest BCUT2D eigenvalue weighted by Gasteiger charge is 2.17. The lowest BCUT2D eigenvalue weighted by molar-refractivity contribution is -0.384. The number of fused-ring (bicyclic) bond motifs is 2. The van der Waals surface area contributed by atoms with Crippen LogP contribution < -0.4 is 5.32 Å². The van der Waals surface area contributed by atoms with Gasteiger partial charge in [-0.15, -0.1) is 0 Å². The molecule has 0 spiro atoms. The number of nitrogens with zero attached hydrogens (tertiary/aromatic N) is 3. The van der Waals surface area contributed by atoms with Crippen molar-refractivity contribution in [3.63, 3.8) is 0 Å². The van der Waals surface area contributed by atoms with Crippen LogP contribution in [0.1, 0.15) is 0 Å². The molecule has 4 rings (SSSR count). The van der Waals surface area contributed by atoms with Crippen molar-refractivity contribution in [2.45, 2.75) is 0 Å². The van der Waals surface area contributed by atoms with Gasteiger partial charge < -0.3 is 5.32 Å². The van der Waals surface area contributed by atoms with Gasteiger partial charge in [-0.3, -0.25) is 10.1 Å². The summed E-state index contributed by atoms with van der Waals surface area (Å²) in [6.45, 7) is 0. The number of nitro groups is 1. The minimum Gasteiger partial charge on any atom is -0.333 e. The standard InChI is InChI=1S/C18H12N4O2.CO2/c23-22(24)16-10-5-11-19-18(16)21-17-12-6-1-3-8-14(12)20-15-9-4-2-7-13(15)17;2-1-3/h1-11H,(H,19,20,21);. The lowest BCUT2D eigenvalue weighted by atomic mass is 10.1. The summed E-state index contributed by atoms with van der Waals surface area (Å²) < 4.78 is 0. The van der Waals surface area contributed by atoms with Crippen molar-refractivity contribution >= 4 is 45.1 Å². The van der Waals surface area contributed by atoms with E-state index in [1.165, 1.54) is 12.3 Å². The second kappa shape index (κ2) is 7.81. The molecule has 0 aliphatic carbocycles. The predicted octanol–water partition coefficient (Wildman–Crippen LogP) is 3.85. The highest BCUT2D eigenvalue weighted by molar-refractivity contribution is 6.08. The van der Waals surface area contributed by atoms with E-state index in [1.807, 2.05) is 48.5 Å². The number of hydrogen-bond acceptors (Lipinski definition) is 7. The topological polar surface area (TPSA) is 115 Å². The van der Waals surface area contributed by atoms with Crippen LogP contribution >= 0.6 is 0 Å². The van der Waals surface area contributed by atoms with Crippen molar-refractivity contribution in [3.05, 3.63) is 77.0 Å². The molecule has 27 heavy (non-hydrogen) atoms. The van der Waals surface area contributed by atoms with Gasteiger partial charge in [0.1, 0.15) is 0 Å². The summed E-state index contributed by atoms with van der Waals surface area (Å²) in [5.74, 6) is 0.212. The van der Waals surface area contributed by atoms with Crippen LogP contribution in [0.4, 0.5) is 17.2 Å². The Labute approximate surface area is 152 Å². The number of nitrogens with one attached hydrogen (secondary N) is 1. The molecule has 0 unspecified atom stereocenters. The van der Waals surface area contributed by atoms with Crippen LogP contribution in [0.25, 0.3) is 21.8 Å². The Bertz CT molecular complexity index is 1120. The van der Waals surface area contributed by atoms with Crippen molar-refractivity contribution in [2.24, 2.45) is 0 Å². The van der Waals surface area contributed by atoms with Crippen LogP contribution in [0.2, 0.25) is 0 Å². The fourth-order valence-corrected chi connectivity index (χ4v) is 2.73. The largest absolute Gasteiger partial charge is 0.373 e. The second-order valence-corrected chi connectivity index (χ2v) is 5.36. The molecule has 0 amide bonds. The molecule has 2 heterocycles. The number of hydrogen-bond donors (Lipinski definition) is 1. The second-order valence-electron chi connectivity index (χ2n) is 5.36. The van der Waals surface area contributed by atoms with Crippen molar-refractivity contribution < 1.29 is 14.5 Å². The molecule has 2 aromatic heterocycles. The first-order chi connectivity index (χ1) is 13.2. The number of rotatable bonds is 3. The summed E-state index contributed by atoms with van der Waals surface area (Å²) in [6, 6.07) is 18.3. The third kappa shape index (κ3) is 3.60. The first kappa shape index (κ1) is 17.7. The Kier molecular flexibility index (Phi) is 5.11. The van der Waals surface area contributed by atoms with Gasteiger partial charge in [-0.2, -0.15) is 9.59 Å². The molecule has 8 nitrogen and oxygen atoms in total. The molecule has 0 aliphatic rings. The first-order valence-electron chi connectivity index (χ1n) is 7.79. The van der Waals surface area contributed by atoms with Gasteiger partial charge in [-0.05, 0) is 18.2 Å². The van der Waals surface area contributed by atoms with Gasteiger partial charge in [0.05, 0.1) is 21.6 Å². The minimum atomic E-state index is -0.444. The third-order valence-corrected chi connectivity index (χ3v) is 3.81. The molecule has 2 aromatic carbocycles. The maximum Gasteiger partial charge on any atom is 0.373 e. The zero-order valence-electron chi connectivity index (χ0n) is 13.8. The zero-order valence-corrected chi connectivity index (χ0v) is 13.8. The fourth-order valence-electron chi connectivity index (χ4n) is 2.73. The smallest absolute Gasteiger partial charge is 0.333 e. The molecule has 0 fully saturated rings. The van der Waals surface area contributed by atoms with Gasteiger partial charge in [0.2, 0.25) is 5.82 Å². The zero-order chi connectivity index (χ0) is 19.2. The summed E-state index contributed by atoms with van der Waals surface area (Å²) >= 11 is 0. The molecule has 0 bridgehead atoms. The SMILES string of the molecule is O=C=O.O=[N+]([O-])c1cccnc1Nc1c2ccccc2nc2ccccc12. The van der Waals surface area contributed by atoms with Gasteiger partial charge in [0.15, 0.2) is 0 Å². The maximum atomic E-state index is 11.3.